The van der Waals surface area contributed by atoms with Crippen LogP contribution in [0.2, 0.25) is 0 Å². The summed E-state index contributed by atoms with van der Waals surface area (Å²) in [5.41, 5.74) is 6.79. The molecule has 1 atom stereocenters. The van der Waals surface area contributed by atoms with Gasteiger partial charge in [0.1, 0.15) is 12.1 Å². The SMILES string of the molecule is CC(C)c1cc(N2CCCC(CCN)C2)ncn1.Cl.Cl. The fraction of sp³-hybridized carbons (Fsp3) is 0.714. The zero-order valence-corrected chi connectivity index (χ0v) is 13.9. The van der Waals surface area contributed by atoms with E-state index in [0.717, 1.165) is 43.5 Å². The van der Waals surface area contributed by atoms with Gasteiger partial charge in [-0.05, 0) is 37.6 Å². The molecule has 2 rings (SSSR count). The molecule has 4 nitrogen and oxygen atoms in total. The van der Waals surface area contributed by atoms with E-state index in [1.54, 1.807) is 6.33 Å². The summed E-state index contributed by atoms with van der Waals surface area (Å²) in [6.07, 6.45) is 5.36. The number of hydrogen-bond acceptors (Lipinski definition) is 4. The zero-order chi connectivity index (χ0) is 13.0. The lowest BCUT2D eigenvalue weighted by Crippen LogP contribution is -2.36. The van der Waals surface area contributed by atoms with Gasteiger partial charge in [0, 0.05) is 24.8 Å². The topological polar surface area (TPSA) is 55.0 Å². The lowest BCUT2D eigenvalue weighted by Gasteiger charge is -2.33. The molecule has 0 aromatic carbocycles. The van der Waals surface area contributed by atoms with E-state index in [-0.39, 0.29) is 24.8 Å². The average Bonchev–Trinajstić information content (AvgIpc) is 2.39. The molecule has 0 saturated carbocycles. The lowest BCUT2D eigenvalue weighted by molar-refractivity contribution is 0.394. The van der Waals surface area contributed by atoms with Gasteiger partial charge in [0.25, 0.3) is 0 Å². The second-order valence-corrected chi connectivity index (χ2v) is 5.49. The van der Waals surface area contributed by atoms with E-state index in [2.05, 4.69) is 34.8 Å². The van der Waals surface area contributed by atoms with E-state index in [0.29, 0.717) is 5.92 Å². The standard InChI is InChI=1S/C14H24N4.2ClH/c1-11(2)13-8-14(17-10-16-13)18-7-3-4-12(9-18)5-6-15;;/h8,10-12H,3-7,9,15H2,1-2H3;2*1H. The number of rotatable bonds is 4. The first kappa shape index (κ1) is 19.4. The molecule has 1 saturated heterocycles. The number of piperidine rings is 1. The smallest absolute Gasteiger partial charge is 0.132 e. The highest BCUT2D eigenvalue weighted by molar-refractivity contribution is 5.85. The largest absolute Gasteiger partial charge is 0.356 e. The molecule has 1 fully saturated rings. The molecule has 0 aliphatic carbocycles. The average molecular weight is 321 g/mol. The minimum Gasteiger partial charge on any atom is -0.356 e. The van der Waals surface area contributed by atoms with Gasteiger partial charge >= 0.3 is 0 Å². The van der Waals surface area contributed by atoms with Crippen LogP contribution in [-0.2, 0) is 0 Å². The monoisotopic (exact) mass is 320 g/mol. The van der Waals surface area contributed by atoms with E-state index < -0.39 is 0 Å². The van der Waals surface area contributed by atoms with Crippen molar-refractivity contribution in [1.29, 1.82) is 0 Å². The van der Waals surface area contributed by atoms with Crippen LogP contribution in [0.3, 0.4) is 0 Å². The van der Waals surface area contributed by atoms with Crippen molar-refractivity contribution < 1.29 is 0 Å². The summed E-state index contributed by atoms with van der Waals surface area (Å²) in [7, 11) is 0. The maximum Gasteiger partial charge on any atom is 0.132 e. The molecule has 0 radical (unpaired) electrons. The Morgan fingerprint density at radius 1 is 1.35 bits per heavy atom. The molecule has 6 heteroatoms. The minimum atomic E-state index is 0. The Kier molecular flexibility index (Phi) is 9.10. The first-order valence-electron chi connectivity index (χ1n) is 6.97. The van der Waals surface area contributed by atoms with Crippen molar-refractivity contribution in [1.82, 2.24) is 9.97 Å². The van der Waals surface area contributed by atoms with Gasteiger partial charge in [0.15, 0.2) is 0 Å². The van der Waals surface area contributed by atoms with Gasteiger partial charge in [-0.3, -0.25) is 0 Å². The summed E-state index contributed by atoms with van der Waals surface area (Å²) >= 11 is 0. The van der Waals surface area contributed by atoms with Gasteiger partial charge in [0.05, 0.1) is 0 Å². The quantitative estimate of drug-likeness (QED) is 0.926. The van der Waals surface area contributed by atoms with Crippen molar-refractivity contribution in [3.05, 3.63) is 18.1 Å². The van der Waals surface area contributed by atoms with Gasteiger partial charge in [-0.2, -0.15) is 0 Å². The highest BCUT2D eigenvalue weighted by atomic mass is 35.5. The van der Waals surface area contributed by atoms with Gasteiger partial charge in [0.2, 0.25) is 0 Å². The van der Waals surface area contributed by atoms with E-state index in [9.17, 15) is 0 Å². The molecule has 1 aliphatic heterocycles. The first-order chi connectivity index (χ1) is 8.70. The molecule has 1 aromatic rings. The Bertz CT molecular complexity index is 385. The van der Waals surface area contributed by atoms with E-state index >= 15 is 0 Å². The van der Waals surface area contributed by atoms with E-state index in [1.807, 2.05) is 0 Å². The van der Waals surface area contributed by atoms with Crippen LogP contribution in [0, 0.1) is 5.92 Å². The number of halogens is 2. The van der Waals surface area contributed by atoms with Crippen LogP contribution in [0.15, 0.2) is 12.4 Å². The van der Waals surface area contributed by atoms with Crippen LogP contribution in [0.4, 0.5) is 5.82 Å². The van der Waals surface area contributed by atoms with Crippen molar-refractivity contribution in [2.75, 3.05) is 24.5 Å². The molecule has 1 aromatic heterocycles. The van der Waals surface area contributed by atoms with Crippen LogP contribution < -0.4 is 10.6 Å². The van der Waals surface area contributed by atoms with Crippen LogP contribution in [0.25, 0.3) is 0 Å². The number of aromatic nitrogens is 2. The van der Waals surface area contributed by atoms with Crippen LogP contribution in [0.1, 0.15) is 44.7 Å². The van der Waals surface area contributed by atoms with Gasteiger partial charge in [-0.15, -0.1) is 24.8 Å². The van der Waals surface area contributed by atoms with Crippen LogP contribution in [0.5, 0.6) is 0 Å². The number of nitrogens with two attached hydrogens (primary N) is 1. The summed E-state index contributed by atoms with van der Waals surface area (Å²) in [6.45, 7) is 7.32. The molecule has 0 spiro atoms. The molecule has 0 amide bonds. The van der Waals surface area contributed by atoms with Crippen molar-refractivity contribution in [2.45, 2.75) is 39.0 Å². The Morgan fingerprint density at radius 3 is 2.75 bits per heavy atom. The fourth-order valence-corrected chi connectivity index (χ4v) is 2.59. The molecule has 20 heavy (non-hydrogen) atoms. The van der Waals surface area contributed by atoms with Crippen LogP contribution in [-0.4, -0.2) is 29.6 Å². The highest BCUT2D eigenvalue weighted by Crippen LogP contribution is 2.24. The summed E-state index contributed by atoms with van der Waals surface area (Å²) in [4.78, 5) is 11.1. The highest BCUT2D eigenvalue weighted by Gasteiger charge is 2.20. The molecular formula is C14H26Cl2N4. The third-order valence-electron chi connectivity index (χ3n) is 3.68. The number of hydrogen-bond donors (Lipinski definition) is 1. The molecule has 116 valence electrons. The minimum absolute atomic E-state index is 0. The Balaban J connectivity index is 0.00000180. The predicted octanol–water partition coefficient (Wildman–Crippen LogP) is 3.01. The Morgan fingerprint density at radius 2 is 2.10 bits per heavy atom. The molecule has 1 aliphatic rings. The molecule has 2 N–H and O–H groups in total. The zero-order valence-electron chi connectivity index (χ0n) is 12.3. The van der Waals surface area contributed by atoms with Crippen molar-refractivity contribution in [2.24, 2.45) is 11.7 Å². The van der Waals surface area contributed by atoms with Gasteiger partial charge < -0.3 is 10.6 Å². The Hall–Kier alpha value is -0.580. The van der Waals surface area contributed by atoms with Gasteiger partial charge in [-0.1, -0.05) is 13.8 Å². The third kappa shape index (κ3) is 5.08. The summed E-state index contributed by atoms with van der Waals surface area (Å²) < 4.78 is 0. The second-order valence-electron chi connectivity index (χ2n) is 5.49. The molecule has 0 bridgehead atoms. The molecule has 1 unspecified atom stereocenters. The van der Waals surface area contributed by atoms with E-state index in [1.165, 1.54) is 12.8 Å². The van der Waals surface area contributed by atoms with E-state index in [4.69, 9.17) is 5.73 Å². The molecule has 2 heterocycles. The Labute approximate surface area is 134 Å². The lowest BCUT2D eigenvalue weighted by atomic mass is 9.95. The van der Waals surface area contributed by atoms with Crippen molar-refractivity contribution in [3.63, 3.8) is 0 Å². The predicted molar refractivity (Wildman–Crippen MR) is 89.2 cm³/mol. The molecular weight excluding hydrogens is 295 g/mol. The fourth-order valence-electron chi connectivity index (χ4n) is 2.59. The first-order valence-corrected chi connectivity index (χ1v) is 6.97. The van der Waals surface area contributed by atoms with Crippen molar-refractivity contribution >= 4 is 30.6 Å². The number of anilines is 1. The third-order valence-corrected chi connectivity index (χ3v) is 3.68. The maximum atomic E-state index is 5.66. The normalized spacial score (nSPS) is 18.4. The van der Waals surface area contributed by atoms with Gasteiger partial charge in [-0.25, -0.2) is 9.97 Å². The van der Waals surface area contributed by atoms with Crippen molar-refractivity contribution in [3.8, 4) is 0 Å². The van der Waals surface area contributed by atoms with Crippen LogP contribution >= 0.6 is 24.8 Å². The summed E-state index contributed by atoms with van der Waals surface area (Å²) in [6, 6.07) is 2.13. The number of nitrogens with zero attached hydrogens (tertiary/aromatic N) is 3. The second kappa shape index (κ2) is 9.37. The summed E-state index contributed by atoms with van der Waals surface area (Å²) in [5, 5.41) is 0. The maximum absolute atomic E-state index is 5.66. The summed E-state index contributed by atoms with van der Waals surface area (Å²) in [5.74, 6) is 2.26.